The lowest BCUT2D eigenvalue weighted by Gasteiger charge is -2.37. The molecule has 192 valence electrons. The topological polar surface area (TPSA) is 93.2 Å². The van der Waals surface area contributed by atoms with Gasteiger partial charge in [-0.3, -0.25) is 4.72 Å². The maximum Gasteiger partial charge on any atom is 0.266 e. The Morgan fingerprint density at radius 1 is 1.03 bits per heavy atom. The standard InChI is InChI=1S/C25H28F2N4O3S2/c26-21-14-24(36(32,33)31-25-28-15-29-35-25)22(27)13-23(21)34-11-10-17-12-19(30-18-6-7-18)8-9-20(17)16-4-2-1-3-5-16/h1-5,13-15,17-20,30H,6-12H2,(H,28,29,31). The molecule has 11 heteroatoms. The first kappa shape index (κ1) is 25.0. The highest BCUT2D eigenvalue weighted by Gasteiger charge is 2.34. The van der Waals surface area contributed by atoms with Gasteiger partial charge in [-0.2, -0.15) is 4.37 Å². The normalized spacial score (nSPS) is 22.3. The van der Waals surface area contributed by atoms with Crippen molar-refractivity contribution in [3.8, 4) is 5.75 Å². The third-order valence-electron chi connectivity index (χ3n) is 6.86. The predicted molar refractivity (Wildman–Crippen MR) is 134 cm³/mol. The summed E-state index contributed by atoms with van der Waals surface area (Å²) >= 11 is 0.791. The zero-order chi connectivity index (χ0) is 25.1. The minimum absolute atomic E-state index is 0.0370. The zero-order valence-electron chi connectivity index (χ0n) is 19.6. The number of halogens is 2. The molecule has 0 amide bonds. The molecule has 0 spiro atoms. The summed E-state index contributed by atoms with van der Waals surface area (Å²) < 4.78 is 65.8. The monoisotopic (exact) mass is 534 g/mol. The summed E-state index contributed by atoms with van der Waals surface area (Å²) in [6, 6.07) is 12.9. The summed E-state index contributed by atoms with van der Waals surface area (Å²) in [7, 11) is -4.36. The second-order valence-corrected chi connectivity index (χ2v) is 11.9. The molecule has 5 rings (SSSR count). The number of nitrogens with zero attached hydrogens (tertiary/aromatic N) is 2. The minimum Gasteiger partial charge on any atom is -0.490 e. The van der Waals surface area contributed by atoms with Crippen LogP contribution in [0.5, 0.6) is 5.75 Å². The van der Waals surface area contributed by atoms with Gasteiger partial charge in [0.05, 0.1) is 6.61 Å². The molecule has 0 radical (unpaired) electrons. The van der Waals surface area contributed by atoms with E-state index in [1.165, 1.54) is 18.4 Å². The van der Waals surface area contributed by atoms with E-state index < -0.39 is 26.6 Å². The maximum absolute atomic E-state index is 14.7. The van der Waals surface area contributed by atoms with Crippen LogP contribution >= 0.6 is 11.5 Å². The lowest BCUT2D eigenvalue weighted by molar-refractivity contribution is 0.194. The van der Waals surface area contributed by atoms with Gasteiger partial charge in [-0.25, -0.2) is 22.2 Å². The number of hydrogen-bond acceptors (Lipinski definition) is 7. The van der Waals surface area contributed by atoms with Crippen molar-refractivity contribution in [2.75, 3.05) is 11.3 Å². The van der Waals surface area contributed by atoms with Crippen LogP contribution in [-0.4, -0.2) is 36.5 Å². The van der Waals surface area contributed by atoms with Gasteiger partial charge in [0.1, 0.15) is 17.0 Å². The summed E-state index contributed by atoms with van der Waals surface area (Å²) in [5, 5.41) is 3.70. The Morgan fingerprint density at radius 2 is 1.81 bits per heavy atom. The smallest absolute Gasteiger partial charge is 0.266 e. The molecule has 2 aliphatic carbocycles. The first-order chi connectivity index (χ1) is 17.4. The molecule has 0 saturated heterocycles. The summed E-state index contributed by atoms with van der Waals surface area (Å²) in [6.07, 6.45) is 7.50. The average molecular weight is 535 g/mol. The van der Waals surface area contributed by atoms with Gasteiger partial charge in [0.2, 0.25) is 5.13 Å². The summed E-state index contributed by atoms with van der Waals surface area (Å²) in [6.45, 7) is 0.204. The van der Waals surface area contributed by atoms with E-state index in [0.717, 1.165) is 43.2 Å². The largest absolute Gasteiger partial charge is 0.490 e. The van der Waals surface area contributed by atoms with Crippen molar-refractivity contribution in [2.24, 2.45) is 5.92 Å². The van der Waals surface area contributed by atoms with Crippen molar-refractivity contribution < 1.29 is 21.9 Å². The number of ether oxygens (including phenoxy) is 1. The molecule has 2 fully saturated rings. The van der Waals surface area contributed by atoms with Crippen LogP contribution in [0, 0.1) is 17.6 Å². The highest BCUT2D eigenvalue weighted by molar-refractivity contribution is 7.93. The number of aromatic nitrogens is 2. The van der Waals surface area contributed by atoms with Crippen LogP contribution in [0.2, 0.25) is 0 Å². The molecule has 1 aromatic heterocycles. The molecule has 36 heavy (non-hydrogen) atoms. The van der Waals surface area contributed by atoms with Crippen LogP contribution < -0.4 is 14.8 Å². The number of anilines is 1. The Kier molecular flexibility index (Phi) is 7.49. The SMILES string of the molecule is O=S(=O)(Nc1ncns1)c1cc(F)c(OCCC2CC(NC3CC3)CCC2c2ccccc2)cc1F. The van der Waals surface area contributed by atoms with Crippen LogP contribution in [0.4, 0.5) is 13.9 Å². The van der Waals surface area contributed by atoms with Crippen molar-refractivity contribution >= 4 is 26.7 Å². The fraction of sp³-hybridized carbons (Fsp3) is 0.440. The molecule has 2 saturated carbocycles. The van der Waals surface area contributed by atoms with Gasteiger partial charge in [-0.15, -0.1) is 0 Å². The number of benzene rings is 2. The second-order valence-electron chi connectivity index (χ2n) is 9.43. The fourth-order valence-electron chi connectivity index (χ4n) is 4.99. The van der Waals surface area contributed by atoms with E-state index >= 15 is 0 Å². The van der Waals surface area contributed by atoms with Crippen molar-refractivity contribution in [3.63, 3.8) is 0 Å². The summed E-state index contributed by atoms with van der Waals surface area (Å²) in [5.41, 5.74) is 1.29. The van der Waals surface area contributed by atoms with Gasteiger partial charge >= 0.3 is 0 Å². The molecule has 0 bridgehead atoms. The zero-order valence-corrected chi connectivity index (χ0v) is 21.2. The Morgan fingerprint density at radius 3 is 2.53 bits per heavy atom. The number of nitrogens with one attached hydrogen (secondary N) is 2. The number of rotatable bonds is 10. The molecule has 1 heterocycles. The Hall–Kier alpha value is -2.63. The molecule has 2 aromatic carbocycles. The van der Waals surface area contributed by atoms with Crippen molar-refractivity contribution in [1.82, 2.24) is 14.7 Å². The van der Waals surface area contributed by atoms with Crippen LogP contribution in [0.3, 0.4) is 0 Å². The van der Waals surface area contributed by atoms with Gasteiger partial charge in [-0.1, -0.05) is 30.3 Å². The molecule has 2 aliphatic rings. The highest BCUT2D eigenvalue weighted by Crippen LogP contribution is 2.41. The third kappa shape index (κ3) is 6.01. The lowest BCUT2D eigenvalue weighted by atomic mass is 9.72. The van der Waals surface area contributed by atoms with E-state index in [1.807, 2.05) is 18.2 Å². The van der Waals surface area contributed by atoms with Crippen molar-refractivity contribution in [3.05, 3.63) is 66.0 Å². The summed E-state index contributed by atoms with van der Waals surface area (Å²) in [4.78, 5) is 2.89. The van der Waals surface area contributed by atoms with Gasteiger partial charge < -0.3 is 10.1 Å². The summed E-state index contributed by atoms with van der Waals surface area (Å²) in [5.74, 6) is -1.63. The molecule has 3 unspecified atom stereocenters. The van der Waals surface area contributed by atoms with Gasteiger partial charge in [0, 0.05) is 35.7 Å². The van der Waals surface area contributed by atoms with Crippen molar-refractivity contribution in [2.45, 2.75) is 61.4 Å². The number of sulfonamides is 1. The molecule has 7 nitrogen and oxygen atoms in total. The van der Waals surface area contributed by atoms with Crippen LogP contribution in [0.1, 0.15) is 50.0 Å². The maximum atomic E-state index is 14.7. The van der Waals surface area contributed by atoms with Gasteiger partial charge in [-0.05, 0) is 55.9 Å². The van der Waals surface area contributed by atoms with Crippen LogP contribution in [0.25, 0.3) is 0 Å². The third-order valence-corrected chi connectivity index (χ3v) is 8.93. The molecule has 2 N–H and O–H groups in total. The van der Waals surface area contributed by atoms with E-state index in [2.05, 4.69) is 31.5 Å². The molecular formula is C25H28F2N4O3S2. The van der Waals surface area contributed by atoms with E-state index in [4.69, 9.17) is 4.74 Å². The minimum atomic E-state index is -4.36. The molecule has 0 aliphatic heterocycles. The van der Waals surface area contributed by atoms with E-state index in [0.29, 0.717) is 36.4 Å². The Bertz CT molecular complexity index is 1270. The highest BCUT2D eigenvalue weighted by atomic mass is 32.2. The van der Waals surface area contributed by atoms with Crippen LogP contribution in [-0.2, 0) is 10.0 Å². The van der Waals surface area contributed by atoms with E-state index in [9.17, 15) is 17.2 Å². The first-order valence-electron chi connectivity index (χ1n) is 12.1. The fourth-order valence-corrected chi connectivity index (χ4v) is 6.73. The molecule has 3 aromatic rings. The average Bonchev–Trinajstić information content (AvgIpc) is 3.53. The first-order valence-corrected chi connectivity index (χ1v) is 14.4. The predicted octanol–water partition coefficient (Wildman–Crippen LogP) is 5.09. The molecular weight excluding hydrogens is 506 g/mol. The van der Waals surface area contributed by atoms with Gasteiger partial charge in [0.25, 0.3) is 10.0 Å². The number of hydrogen-bond donors (Lipinski definition) is 2. The Labute approximate surface area is 213 Å². The van der Waals surface area contributed by atoms with Crippen LogP contribution in [0.15, 0.2) is 53.7 Å². The lowest BCUT2D eigenvalue weighted by Crippen LogP contribution is -2.38. The quantitative estimate of drug-likeness (QED) is 0.376. The van der Waals surface area contributed by atoms with E-state index in [-0.39, 0.29) is 17.5 Å². The second kappa shape index (κ2) is 10.8. The van der Waals surface area contributed by atoms with E-state index in [1.54, 1.807) is 0 Å². The van der Waals surface area contributed by atoms with Gasteiger partial charge in [0.15, 0.2) is 11.6 Å². The van der Waals surface area contributed by atoms with Crippen molar-refractivity contribution in [1.29, 1.82) is 0 Å². The molecule has 3 atom stereocenters. The Balaban J connectivity index is 1.25.